The summed E-state index contributed by atoms with van der Waals surface area (Å²) < 4.78 is 27.7. The predicted octanol–water partition coefficient (Wildman–Crippen LogP) is 1.24. The van der Waals surface area contributed by atoms with E-state index in [-0.39, 0.29) is 11.8 Å². The Kier molecular flexibility index (Phi) is 5.33. The van der Waals surface area contributed by atoms with Crippen LogP contribution in [-0.2, 0) is 21.4 Å². The van der Waals surface area contributed by atoms with Crippen LogP contribution < -0.4 is 4.31 Å². The summed E-state index contributed by atoms with van der Waals surface area (Å²) in [5.74, 6) is 0.720. The second-order valence-corrected chi connectivity index (χ2v) is 8.25. The van der Waals surface area contributed by atoms with E-state index in [4.69, 9.17) is 0 Å². The molecule has 1 atom stereocenters. The number of aromatic nitrogens is 2. The van der Waals surface area contributed by atoms with Crippen LogP contribution in [0.4, 0.5) is 5.82 Å². The molecular formula is C15H26N4O3S. The molecule has 0 saturated carbocycles. The third-order valence-electron chi connectivity index (χ3n) is 4.21. The monoisotopic (exact) mass is 342 g/mol. The summed E-state index contributed by atoms with van der Waals surface area (Å²) in [5, 5.41) is 4.45. The van der Waals surface area contributed by atoms with Crippen molar-refractivity contribution in [3.8, 4) is 0 Å². The van der Waals surface area contributed by atoms with Crippen molar-refractivity contribution in [3.05, 3.63) is 11.8 Å². The van der Waals surface area contributed by atoms with Crippen LogP contribution in [0.15, 0.2) is 6.07 Å². The van der Waals surface area contributed by atoms with Gasteiger partial charge < -0.3 is 4.90 Å². The lowest BCUT2D eigenvalue weighted by molar-refractivity contribution is -0.133. The molecule has 2 heterocycles. The molecule has 0 aromatic carbocycles. The fourth-order valence-corrected chi connectivity index (χ4v) is 3.84. The minimum Gasteiger partial charge on any atom is -0.345 e. The van der Waals surface area contributed by atoms with Crippen LogP contribution in [0.2, 0.25) is 0 Å². The van der Waals surface area contributed by atoms with Crippen LogP contribution in [0.3, 0.4) is 0 Å². The molecule has 1 amide bonds. The Morgan fingerprint density at radius 2 is 2.13 bits per heavy atom. The highest BCUT2D eigenvalue weighted by molar-refractivity contribution is 7.92. The highest BCUT2D eigenvalue weighted by Gasteiger charge is 2.29. The first-order valence-electron chi connectivity index (χ1n) is 7.98. The first kappa shape index (κ1) is 17.8. The maximum absolute atomic E-state index is 12.2. The fraction of sp³-hybridized carbons (Fsp3) is 0.733. The number of rotatable bonds is 6. The van der Waals surface area contributed by atoms with Crippen molar-refractivity contribution in [1.82, 2.24) is 14.7 Å². The Morgan fingerprint density at radius 3 is 2.70 bits per heavy atom. The molecule has 0 bridgehead atoms. The molecule has 1 saturated heterocycles. The lowest BCUT2D eigenvalue weighted by Crippen LogP contribution is -2.43. The minimum absolute atomic E-state index is 0.121. The van der Waals surface area contributed by atoms with Crippen molar-refractivity contribution >= 4 is 21.7 Å². The fourth-order valence-electron chi connectivity index (χ4n) is 2.93. The van der Waals surface area contributed by atoms with E-state index in [1.54, 1.807) is 11.9 Å². The van der Waals surface area contributed by atoms with Crippen LogP contribution in [0, 0.1) is 12.8 Å². The van der Waals surface area contributed by atoms with Gasteiger partial charge in [-0.2, -0.15) is 5.10 Å². The van der Waals surface area contributed by atoms with E-state index in [1.807, 2.05) is 17.7 Å². The van der Waals surface area contributed by atoms with Gasteiger partial charge >= 0.3 is 0 Å². The molecule has 1 unspecified atom stereocenters. The second-order valence-electron chi connectivity index (χ2n) is 6.34. The first-order chi connectivity index (χ1) is 10.7. The lowest BCUT2D eigenvalue weighted by Gasteiger charge is -2.32. The quantitative estimate of drug-likeness (QED) is 0.779. The van der Waals surface area contributed by atoms with Crippen LogP contribution in [0.1, 0.15) is 31.9 Å². The predicted molar refractivity (Wildman–Crippen MR) is 89.8 cm³/mol. The molecule has 1 aliphatic rings. The topological polar surface area (TPSA) is 75.5 Å². The van der Waals surface area contributed by atoms with Gasteiger partial charge in [-0.1, -0.05) is 6.92 Å². The molecule has 1 aromatic rings. The number of piperidine rings is 1. The molecule has 7 nitrogen and oxygen atoms in total. The number of carbonyl (C=O) groups excluding carboxylic acids is 1. The number of likely N-dealkylation sites (tertiary alicyclic amines) is 1. The number of hydrogen-bond acceptors (Lipinski definition) is 4. The second kappa shape index (κ2) is 6.90. The van der Waals surface area contributed by atoms with Crippen LogP contribution in [0.25, 0.3) is 0 Å². The normalized spacial score (nSPS) is 19.2. The minimum atomic E-state index is -3.41. The summed E-state index contributed by atoms with van der Waals surface area (Å²) in [7, 11) is -1.65. The summed E-state index contributed by atoms with van der Waals surface area (Å²) >= 11 is 0. The van der Waals surface area contributed by atoms with E-state index < -0.39 is 10.0 Å². The number of amides is 1. The Hall–Kier alpha value is -1.57. The number of hydrogen-bond donors (Lipinski definition) is 0. The SMILES string of the molecule is CCCn1nc(N(CC2CCC(=O)N(C)C2)S(C)(=O)=O)cc1C. The highest BCUT2D eigenvalue weighted by atomic mass is 32.2. The Balaban J connectivity index is 2.21. The van der Waals surface area contributed by atoms with Crippen LogP contribution in [-0.4, -0.2) is 55.4 Å². The van der Waals surface area contributed by atoms with Crippen molar-refractivity contribution in [2.24, 2.45) is 5.92 Å². The van der Waals surface area contributed by atoms with Gasteiger partial charge in [-0.15, -0.1) is 0 Å². The Bertz CT molecular complexity index is 668. The zero-order valence-electron chi connectivity index (χ0n) is 14.3. The van der Waals surface area contributed by atoms with Crippen molar-refractivity contribution in [2.75, 3.05) is 30.7 Å². The number of carbonyl (C=O) groups is 1. The number of anilines is 1. The van der Waals surface area contributed by atoms with Gasteiger partial charge in [0, 0.05) is 44.9 Å². The van der Waals surface area contributed by atoms with Gasteiger partial charge in [0.25, 0.3) is 0 Å². The summed E-state index contributed by atoms with van der Waals surface area (Å²) in [4.78, 5) is 13.3. The largest absolute Gasteiger partial charge is 0.345 e. The van der Waals surface area contributed by atoms with Gasteiger partial charge in [-0.05, 0) is 25.7 Å². The molecule has 1 fully saturated rings. The summed E-state index contributed by atoms with van der Waals surface area (Å²) in [6, 6.07) is 1.81. The summed E-state index contributed by atoms with van der Waals surface area (Å²) in [6.45, 7) is 5.70. The Morgan fingerprint density at radius 1 is 1.43 bits per heavy atom. The van der Waals surface area contributed by atoms with Gasteiger partial charge in [0.05, 0.1) is 6.26 Å². The standard InChI is InChI=1S/C15H26N4O3S/c1-5-8-18-12(2)9-14(16-18)19(23(4,21)22)11-13-6-7-15(20)17(3)10-13/h9,13H,5-8,10-11H2,1-4H3. The summed E-state index contributed by atoms with van der Waals surface area (Å²) in [5.41, 5.74) is 0.950. The first-order valence-corrected chi connectivity index (χ1v) is 9.83. The molecule has 0 aliphatic carbocycles. The molecule has 23 heavy (non-hydrogen) atoms. The van der Waals surface area contributed by atoms with Crippen LogP contribution >= 0.6 is 0 Å². The number of nitrogens with zero attached hydrogens (tertiary/aromatic N) is 4. The highest BCUT2D eigenvalue weighted by Crippen LogP contribution is 2.23. The number of aryl methyl sites for hydroxylation is 2. The van der Waals surface area contributed by atoms with Gasteiger partial charge in [-0.3, -0.25) is 13.8 Å². The van der Waals surface area contributed by atoms with E-state index in [0.717, 1.165) is 18.7 Å². The van der Waals surface area contributed by atoms with Gasteiger partial charge in [0.15, 0.2) is 5.82 Å². The molecule has 130 valence electrons. The van der Waals surface area contributed by atoms with Crippen molar-refractivity contribution in [1.29, 1.82) is 0 Å². The van der Waals surface area contributed by atoms with Gasteiger partial charge in [0.2, 0.25) is 15.9 Å². The van der Waals surface area contributed by atoms with Crippen molar-refractivity contribution in [3.63, 3.8) is 0 Å². The lowest BCUT2D eigenvalue weighted by atomic mass is 9.98. The smallest absolute Gasteiger partial charge is 0.233 e. The Labute approximate surface area is 138 Å². The average Bonchev–Trinajstić information content (AvgIpc) is 2.80. The summed E-state index contributed by atoms with van der Waals surface area (Å²) in [6.07, 6.45) is 3.33. The van der Waals surface area contributed by atoms with Crippen LogP contribution in [0.5, 0.6) is 0 Å². The third-order valence-corrected chi connectivity index (χ3v) is 5.34. The zero-order valence-corrected chi connectivity index (χ0v) is 15.1. The van der Waals surface area contributed by atoms with Crippen molar-refractivity contribution < 1.29 is 13.2 Å². The van der Waals surface area contributed by atoms with Gasteiger partial charge in [0.1, 0.15) is 0 Å². The average molecular weight is 342 g/mol. The molecule has 1 aromatic heterocycles. The molecule has 0 radical (unpaired) electrons. The molecule has 2 rings (SSSR count). The van der Waals surface area contributed by atoms with E-state index in [0.29, 0.717) is 31.7 Å². The van der Waals surface area contributed by atoms with E-state index >= 15 is 0 Å². The molecule has 1 aliphatic heterocycles. The van der Waals surface area contributed by atoms with Gasteiger partial charge in [-0.25, -0.2) is 8.42 Å². The van der Waals surface area contributed by atoms with E-state index in [2.05, 4.69) is 12.0 Å². The molecule has 8 heteroatoms. The van der Waals surface area contributed by atoms with E-state index in [9.17, 15) is 13.2 Å². The van der Waals surface area contributed by atoms with Crippen molar-refractivity contribution in [2.45, 2.75) is 39.7 Å². The number of sulfonamides is 1. The van der Waals surface area contributed by atoms with E-state index in [1.165, 1.54) is 10.6 Å². The molecule has 0 spiro atoms. The maximum atomic E-state index is 12.2. The third kappa shape index (κ3) is 4.25. The zero-order chi connectivity index (χ0) is 17.2. The maximum Gasteiger partial charge on any atom is 0.233 e. The molecule has 0 N–H and O–H groups in total. The molecular weight excluding hydrogens is 316 g/mol.